The second kappa shape index (κ2) is 16.1. The molecule has 0 amide bonds. The largest absolute Gasteiger partial charge is 0.465 e. The molecule has 1 aromatic rings. The molecule has 0 aliphatic heterocycles. The molecule has 0 heterocycles. The van der Waals surface area contributed by atoms with Gasteiger partial charge >= 0.3 is 11.9 Å². The number of esters is 2. The standard InChI is InChI=1S/C27H46O4Si/c1-6-9-12-21-32(4,5)22-13-10-11-14-23-15-17-24(18-16-23)19-20-25(26(28)30-7-2)27(29)31-8-3/h15-18,25H,6-14,19-22H2,1-5H3. The third-order valence-corrected chi connectivity index (χ3v) is 9.58. The second-order valence-corrected chi connectivity index (χ2v) is 14.9. The van der Waals surface area contributed by atoms with Crippen molar-refractivity contribution in [2.75, 3.05) is 13.2 Å². The van der Waals surface area contributed by atoms with Gasteiger partial charge in [0.15, 0.2) is 5.92 Å². The third kappa shape index (κ3) is 11.8. The molecule has 0 saturated carbocycles. The summed E-state index contributed by atoms with van der Waals surface area (Å²) in [5.41, 5.74) is 2.49. The van der Waals surface area contributed by atoms with Gasteiger partial charge in [-0.05, 0) is 50.7 Å². The van der Waals surface area contributed by atoms with E-state index >= 15 is 0 Å². The number of carbonyl (C=O) groups is 2. The van der Waals surface area contributed by atoms with Crippen LogP contribution in [0.1, 0.15) is 76.8 Å². The number of hydrogen-bond donors (Lipinski definition) is 0. The summed E-state index contributed by atoms with van der Waals surface area (Å²) in [4.78, 5) is 24.2. The maximum absolute atomic E-state index is 12.1. The number of aryl methyl sites for hydroxylation is 2. The van der Waals surface area contributed by atoms with E-state index in [2.05, 4.69) is 44.3 Å². The number of ether oxygens (including phenoxy) is 2. The lowest BCUT2D eigenvalue weighted by Crippen LogP contribution is -2.28. The Bertz CT molecular complexity index is 636. The molecule has 0 radical (unpaired) electrons. The van der Waals surface area contributed by atoms with Gasteiger partial charge in [-0.1, -0.05) is 88.5 Å². The average molecular weight is 463 g/mol. The third-order valence-electron chi connectivity index (χ3n) is 6.16. The number of unbranched alkanes of at least 4 members (excludes halogenated alkanes) is 4. The highest BCUT2D eigenvalue weighted by Gasteiger charge is 2.29. The molecule has 4 nitrogen and oxygen atoms in total. The van der Waals surface area contributed by atoms with E-state index in [0.717, 1.165) is 12.0 Å². The van der Waals surface area contributed by atoms with Gasteiger partial charge in [0.25, 0.3) is 0 Å². The fraction of sp³-hybridized carbons (Fsp3) is 0.704. The van der Waals surface area contributed by atoms with Gasteiger partial charge in [0.05, 0.1) is 13.2 Å². The molecule has 32 heavy (non-hydrogen) atoms. The predicted molar refractivity (Wildman–Crippen MR) is 136 cm³/mol. The molecule has 0 aliphatic carbocycles. The van der Waals surface area contributed by atoms with Gasteiger partial charge in [0.2, 0.25) is 0 Å². The van der Waals surface area contributed by atoms with E-state index in [1.54, 1.807) is 13.8 Å². The van der Waals surface area contributed by atoms with Crippen LogP contribution in [0.15, 0.2) is 24.3 Å². The smallest absolute Gasteiger partial charge is 0.320 e. The highest BCUT2D eigenvalue weighted by Crippen LogP contribution is 2.23. The molecule has 1 rings (SSSR count). The average Bonchev–Trinajstić information content (AvgIpc) is 2.75. The Morgan fingerprint density at radius 3 is 1.75 bits per heavy atom. The highest BCUT2D eigenvalue weighted by molar-refractivity contribution is 6.77. The molecule has 0 aliphatic rings. The van der Waals surface area contributed by atoms with E-state index in [9.17, 15) is 9.59 Å². The number of benzene rings is 1. The highest BCUT2D eigenvalue weighted by atomic mass is 28.3. The van der Waals surface area contributed by atoms with Crippen LogP contribution in [0.25, 0.3) is 0 Å². The van der Waals surface area contributed by atoms with Crippen LogP contribution < -0.4 is 0 Å². The first-order valence-electron chi connectivity index (χ1n) is 12.7. The van der Waals surface area contributed by atoms with E-state index < -0.39 is 25.9 Å². The fourth-order valence-electron chi connectivity index (χ4n) is 4.09. The van der Waals surface area contributed by atoms with Crippen LogP contribution in [0.2, 0.25) is 25.2 Å². The number of hydrogen-bond acceptors (Lipinski definition) is 4. The Morgan fingerprint density at radius 2 is 1.25 bits per heavy atom. The van der Waals surface area contributed by atoms with Crippen LogP contribution in [-0.4, -0.2) is 33.2 Å². The molecule has 182 valence electrons. The van der Waals surface area contributed by atoms with E-state index in [0.29, 0.717) is 12.8 Å². The van der Waals surface area contributed by atoms with Gasteiger partial charge in [-0.15, -0.1) is 0 Å². The minimum Gasteiger partial charge on any atom is -0.465 e. The van der Waals surface area contributed by atoms with E-state index in [1.807, 2.05) is 0 Å². The van der Waals surface area contributed by atoms with Crippen molar-refractivity contribution in [3.05, 3.63) is 35.4 Å². The molecule has 0 aromatic heterocycles. The van der Waals surface area contributed by atoms with Gasteiger partial charge in [0, 0.05) is 8.07 Å². The normalized spacial score (nSPS) is 11.6. The van der Waals surface area contributed by atoms with E-state index in [4.69, 9.17) is 9.47 Å². The van der Waals surface area contributed by atoms with Crippen molar-refractivity contribution >= 4 is 20.0 Å². The Morgan fingerprint density at radius 1 is 0.750 bits per heavy atom. The lowest BCUT2D eigenvalue weighted by atomic mass is 9.98. The summed E-state index contributed by atoms with van der Waals surface area (Å²) >= 11 is 0. The fourth-order valence-corrected chi connectivity index (χ4v) is 6.75. The minimum atomic E-state index is -0.989. The summed E-state index contributed by atoms with van der Waals surface area (Å²) in [6, 6.07) is 11.5. The summed E-state index contributed by atoms with van der Waals surface area (Å²) in [7, 11) is -0.989. The summed E-state index contributed by atoms with van der Waals surface area (Å²) in [6.07, 6.45) is 10.2. The first kappa shape index (κ1) is 28.4. The summed E-state index contributed by atoms with van der Waals surface area (Å²) in [6.45, 7) is 11.4. The lowest BCUT2D eigenvalue weighted by Gasteiger charge is -2.22. The maximum Gasteiger partial charge on any atom is 0.320 e. The van der Waals surface area contributed by atoms with Gasteiger partial charge in [-0.2, -0.15) is 0 Å². The SMILES string of the molecule is CCCCC[Si](C)(C)CCCCCc1ccc(CCC(C(=O)OCC)C(=O)OCC)cc1. The zero-order chi connectivity index (χ0) is 23.8. The van der Waals surface area contributed by atoms with Crippen molar-refractivity contribution < 1.29 is 19.1 Å². The summed E-state index contributed by atoms with van der Waals surface area (Å²) in [5, 5.41) is 0. The lowest BCUT2D eigenvalue weighted by molar-refractivity contribution is -0.161. The second-order valence-electron chi connectivity index (χ2n) is 9.59. The van der Waals surface area contributed by atoms with E-state index in [-0.39, 0.29) is 13.2 Å². The van der Waals surface area contributed by atoms with Crippen molar-refractivity contribution in [2.24, 2.45) is 5.92 Å². The van der Waals surface area contributed by atoms with Crippen LogP contribution >= 0.6 is 0 Å². The molecule has 0 unspecified atom stereocenters. The summed E-state index contributed by atoms with van der Waals surface area (Å²) < 4.78 is 10.1. The minimum absolute atomic E-state index is 0.266. The zero-order valence-corrected chi connectivity index (χ0v) is 22.2. The Labute approximate surface area is 197 Å². The Kier molecular flexibility index (Phi) is 14.3. The molecule has 0 saturated heterocycles. The van der Waals surface area contributed by atoms with Gasteiger partial charge in [0.1, 0.15) is 0 Å². The Balaban J connectivity index is 2.39. The van der Waals surface area contributed by atoms with Gasteiger partial charge < -0.3 is 9.47 Å². The molecule has 0 N–H and O–H groups in total. The summed E-state index contributed by atoms with van der Waals surface area (Å²) in [5.74, 6) is -1.82. The molecule has 0 fully saturated rings. The number of rotatable bonds is 17. The molecule has 0 atom stereocenters. The monoisotopic (exact) mass is 462 g/mol. The first-order valence-corrected chi connectivity index (χ1v) is 16.2. The molecule has 0 spiro atoms. The van der Waals surface area contributed by atoms with Crippen molar-refractivity contribution in [1.82, 2.24) is 0 Å². The van der Waals surface area contributed by atoms with Crippen molar-refractivity contribution in [3.63, 3.8) is 0 Å². The predicted octanol–water partition coefficient (Wildman–Crippen LogP) is 6.97. The first-order chi connectivity index (χ1) is 15.3. The van der Waals surface area contributed by atoms with Crippen LogP contribution in [0.5, 0.6) is 0 Å². The molecule has 1 aromatic carbocycles. The molecular formula is C27H46O4Si. The van der Waals surface area contributed by atoms with Crippen LogP contribution in [0, 0.1) is 5.92 Å². The van der Waals surface area contributed by atoms with Crippen molar-refractivity contribution in [1.29, 1.82) is 0 Å². The maximum atomic E-state index is 12.1. The quantitative estimate of drug-likeness (QED) is 0.108. The molecule has 5 heteroatoms. The Hall–Kier alpha value is -1.62. The number of carbonyl (C=O) groups excluding carboxylic acids is 2. The van der Waals surface area contributed by atoms with Crippen LogP contribution in [0.3, 0.4) is 0 Å². The topological polar surface area (TPSA) is 52.6 Å². The van der Waals surface area contributed by atoms with Gasteiger partial charge in [-0.3, -0.25) is 9.59 Å². The van der Waals surface area contributed by atoms with Crippen molar-refractivity contribution in [2.45, 2.75) is 104 Å². The van der Waals surface area contributed by atoms with Crippen molar-refractivity contribution in [3.8, 4) is 0 Å². The van der Waals surface area contributed by atoms with Crippen LogP contribution in [-0.2, 0) is 31.9 Å². The zero-order valence-electron chi connectivity index (χ0n) is 21.2. The molecule has 0 bridgehead atoms. The van der Waals surface area contributed by atoms with E-state index in [1.165, 1.54) is 56.2 Å². The van der Waals surface area contributed by atoms with Gasteiger partial charge in [-0.25, -0.2) is 0 Å². The van der Waals surface area contributed by atoms with Crippen LogP contribution in [0.4, 0.5) is 0 Å². The molecular weight excluding hydrogens is 416 g/mol.